The minimum Gasteiger partial charge on any atom is -0.331 e. The predicted octanol–water partition coefficient (Wildman–Crippen LogP) is 2.74. The van der Waals surface area contributed by atoms with E-state index in [-0.39, 0.29) is 16.5 Å². The smallest absolute Gasteiger partial charge is 0.275 e. The first-order valence-electron chi connectivity index (χ1n) is 7.22. The van der Waals surface area contributed by atoms with Crippen molar-refractivity contribution in [3.05, 3.63) is 39.4 Å². The van der Waals surface area contributed by atoms with E-state index < -0.39 is 0 Å². The molecule has 0 saturated heterocycles. The summed E-state index contributed by atoms with van der Waals surface area (Å²) in [5.41, 5.74) is 1.22. The Kier molecular flexibility index (Phi) is 2.40. The monoisotopic (exact) mass is 272 g/mol. The summed E-state index contributed by atoms with van der Waals surface area (Å²) < 4.78 is 0. The van der Waals surface area contributed by atoms with Crippen LogP contribution in [0, 0.1) is 22.0 Å². The van der Waals surface area contributed by atoms with E-state index in [2.05, 4.69) is 0 Å². The van der Waals surface area contributed by atoms with Gasteiger partial charge in [0, 0.05) is 12.1 Å². The van der Waals surface area contributed by atoms with E-state index in [1.165, 1.54) is 25.3 Å². The second-order valence-corrected chi connectivity index (χ2v) is 6.24. The summed E-state index contributed by atoms with van der Waals surface area (Å²) in [6, 6.07) is 5.13. The quantitative estimate of drug-likeness (QED) is 0.614. The maximum atomic E-state index is 12.5. The third-order valence-corrected chi connectivity index (χ3v) is 5.27. The van der Waals surface area contributed by atoms with Crippen LogP contribution in [0.25, 0.3) is 0 Å². The lowest BCUT2D eigenvalue weighted by Gasteiger charge is -2.31. The van der Waals surface area contributed by atoms with Gasteiger partial charge in [-0.1, -0.05) is 12.5 Å². The largest absolute Gasteiger partial charge is 0.331 e. The normalized spacial score (nSPS) is 30.9. The molecule has 2 bridgehead atoms. The lowest BCUT2D eigenvalue weighted by atomic mass is 9.94. The highest BCUT2D eigenvalue weighted by molar-refractivity contribution is 5.99. The molecule has 0 unspecified atom stereocenters. The van der Waals surface area contributed by atoms with E-state index in [4.69, 9.17) is 0 Å². The van der Waals surface area contributed by atoms with Crippen molar-refractivity contribution in [2.45, 2.75) is 38.3 Å². The van der Waals surface area contributed by atoms with Crippen LogP contribution >= 0.6 is 0 Å². The molecule has 3 atom stereocenters. The summed E-state index contributed by atoms with van der Waals surface area (Å²) in [6.45, 7) is 0.416. The van der Waals surface area contributed by atoms with Crippen molar-refractivity contribution >= 4 is 11.6 Å². The van der Waals surface area contributed by atoms with Crippen LogP contribution in [0.15, 0.2) is 18.2 Å². The van der Waals surface area contributed by atoms with Gasteiger partial charge in [0.15, 0.2) is 0 Å². The number of nitro groups is 1. The zero-order chi connectivity index (χ0) is 13.9. The number of benzene rings is 1. The van der Waals surface area contributed by atoms with Gasteiger partial charge in [0.05, 0.1) is 22.6 Å². The summed E-state index contributed by atoms with van der Waals surface area (Å²) in [5.74, 6) is 1.36. The van der Waals surface area contributed by atoms with Crippen LogP contribution in [0.3, 0.4) is 0 Å². The summed E-state index contributed by atoms with van der Waals surface area (Å²) in [5, 5.41) is 11.1. The summed E-state index contributed by atoms with van der Waals surface area (Å²) in [4.78, 5) is 25.1. The van der Waals surface area contributed by atoms with Gasteiger partial charge in [-0.05, 0) is 37.2 Å². The minimum absolute atomic E-state index is 0.0127. The Hall–Kier alpha value is -1.91. The van der Waals surface area contributed by atoms with Gasteiger partial charge in [-0.15, -0.1) is 0 Å². The van der Waals surface area contributed by atoms with Crippen molar-refractivity contribution in [2.75, 3.05) is 0 Å². The molecule has 1 amide bonds. The van der Waals surface area contributed by atoms with Gasteiger partial charge in [0.1, 0.15) is 0 Å². The van der Waals surface area contributed by atoms with Crippen LogP contribution in [0.2, 0.25) is 0 Å². The molecular weight excluding hydrogens is 256 g/mol. The maximum absolute atomic E-state index is 12.5. The second-order valence-electron chi connectivity index (χ2n) is 6.24. The number of nitrogens with zero attached hydrogens (tertiary/aromatic N) is 2. The summed E-state index contributed by atoms with van der Waals surface area (Å²) >= 11 is 0. The molecule has 5 nitrogen and oxygen atoms in total. The maximum Gasteiger partial charge on any atom is 0.275 e. The molecule has 1 heterocycles. The zero-order valence-electron chi connectivity index (χ0n) is 11.1. The molecule has 5 heteroatoms. The number of amides is 1. The van der Waals surface area contributed by atoms with Crippen molar-refractivity contribution in [1.82, 2.24) is 4.90 Å². The van der Waals surface area contributed by atoms with Gasteiger partial charge in [0.25, 0.3) is 11.6 Å². The Balaban J connectivity index is 1.69. The molecule has 1 aromatic rings. The van der Waals surface area contributed by atoms with Crippen LogP contribution in [-0.2, 0) is 6.54 Å². The van der Waals surface area contributed by atoms with Crippen LogP contribution in [0.4, 0.5) is 5.69 Å². The van der Waals surface area contributed by atoms with Crippen molar-refractivity contribution in [3.63, 3.8) is 0 Å². The van der Waals surface area contributed by atoms with E-state index in [9.17, 15) is 14.9 Å². The Bertz CT molecular complexity index is 613. The number of fused-ring (bicyclic) bond motifs is 3. The fourth-order valence-electron chi connectivity index (χ4n) is 4.37. The molecule has 1 aromatic carbocycles. The van der Waals surface area contributed by atoms with E-state index in [1.54, 1.807) is 12.1 Å². The van der Waals surface area contributed by atoms with E-state index >= 15 is 0 Å². The van der Waals surface area contributed by atoms with Gasteiger partial charge in [-0.25, -0.2) is 0 Å². The van der Waals surface area contributed by atoms with Crippen molar-refractivity contribution in [2.24, 2.45) is 11.8 Å². The third kappa shape index (κ3) is 1.52. The highest BCUT2D eigenvalue weighted by atomic mass is 16.6. The molecule has 0 radical (unpaired) electrons. The standard InChI is InChI=1S/C15H16N2O3/c18-15-11-2-1-3-13(17(19)20)12(11)8-16(15)14-7-9-4-5-10(14)6-9/h1-3,9-10,14H,4-8H2/t9-,10+,14-/m0/s1. The summed E-state index contributed by atoms with van der Waals surface area (Å²) in [6.07, 6.45) is 4.80. The van der Waals surface area contributed by atoms with Gasteiger partial charge >= 0.3 is 0 Å². The Morgan fingerprint density at radius 2 is 2.10 bits per heavy atom. The molecule has 3 aliphatic rings. The molecular formula is C15H16N2O3. The van der Waals surface area contributed by atoms with Crippen LogP contribution in [0.5, 0.6) is 0 Å². The number of carbonyl (C=O) groups is 1. The van der Waals surface area contributed by atoms with Crippen LogP contribution < -0.4 is 0 Å². The first-order chi connectivity index (χ1) is 9.65. The molecule has 2 saturated carbocycles. The Morgan fingerprint density at radius 1 is 1.25 bits per heavy atom. The highest BCUT2D eigenvalue weighted by Crippen LogP contribution is 2.48. The van der Waals surface area contributed by atoms with Gasteiger partial charge < -0.3 is 4.90 Å². The Labute approximate surface area is 116 Å². The lowest BCUT2D eigenvalue weighted by molar-refractivity contribution is -0.385. The third-order valence-electron chi connectivity index (χ3n) is 5.27. The van der Waals surface area contributed by atoms with Gasteiger partial charge in [-0.3, -0.25) is 14.9 Å². The molecule has 20 heavy (non-hydrogen) atoms. The van der Waals surface area contributed by atoms with Gasteiger partial charge in [0.2, 0.25) is 0 Å². The molecule has 0 spiro atoms. The predicted molar refractivity (Wildman–Crippen MR) is 72.2 cm³/mol. The molecule has 2 fully saturated rings. The van der Waals surface area contributed by atoms with E-state index in [1.807, 2.05) is 4.90 Å². The first kappa shape index (κ1) is 11.9. The number of hydrogen-bond donors (Lipinski definition) is 0. The fraction of sp³-hybridized carbons (Fsp3) is 0.533. The molecule has 4 rings (SSSR count). The highest BCUT2D eigenvalue weighted by Gasteiger charge is 2.46. The minimum atomic E-state index is -0.379. The molecule has 0 N–H and O–H groups in total. The average molecular weight is 272 g/mol. The second kappa shape index (κ2) is 4.04. The van der Waals surface area contributed by atoms with Crippen LogP contribution in [0.1, 0.15) is 41.6 Å². The van der Waals surface area contributed by atoms with Crippen molar-refractivity contribution in [3.8, 4) is 0 Å². The number of rotatable bonds is 2. The Morgan fingerprint density at radius 3 is 2.75 bits per heavy atom. The van der Waals surface area contributed by atoms with E-state index in [0.29, 0.717) is 29.6 Å². The number of nitro benzene ring substituents is 1. The van der Waals surface area contributed by atoms with E-state index in [0.717, 1.165) is 12.3 Å². The first-order valence-corrected chi connectivity index (χ1v) is 7.22. The van der Waals surface area contributed by atoms with Crippen molar-refractivity contribution in [1.29, 1.82) is 0 Å². The topological polar surface area (TPSA) is 63.4 Å². The molecule has 2 aliphatic carbocycles. The van der Waals surface area contributed by atoms with Gasteiger partial charge in [-0.2, -0.15) is 0 Å². The molecule has 0 aromatic heterocycles. The van der Waals surface area contributed by atoms with Crippen LogP contribution in [-0.4, -0.2) is 21.8 Å². The lowest BCUT2D eigenvalue weighted by Crippen LogP contribution is -2.39. The number of carbonyl (C=O) groups excluding carboxylic acids is 1. The van der Waals surface area contributed by atoms with Crippen molar-refractivity contribution < 1.29 is 9.72 Å². The molecule has 104 valence electrons. The number of hydrogen-bond acceptors (Lipinski definition) is 3. The SMILES string of the molecule is O=C1c2cccc([N+](=O)[O-])c2CN1[C@H]1C[C@H]2CC[C@@H]1C2. The average Bonchev–Trinajstić information content (AvgIpc) is 3.12. The zero-order valence-corrected chi connectivity index (χ0v) is 11.1. The molecule has 1 aliphatic heterocycles. The fourth-order valence-corrected chi connectivity index (χ4v) is 4.37. The summed E-state index contributed by atoms with van der Waals surface area (Å²) in [7, 11) is 0.